The van der Waals surface area contributed by atoms with Crippen molar-refractivity contribution in [2.75, 3.05) is 19.6 Å². The number of nitrogens with one attached hydrogen (secondary N) is 1. The van der Waals surface area contributed by atoms with Crippen molar-refractivity contribution in [1.29, 1.82) is 0 Å². The van der Waals surface area contributed by atoms with Crippen LogP contribution in [0.15, 0.2) is 17.0 Å². The van der Waals surface area contributed by atoms with E-state index in [-0.39, 0.29) is 21.0 Å². The number of halogens is 3. The van der Waals surface area contributed by atoms with Crippen molar-refractivity contribution in [2.24, 2.45) is 0 Å². The van der Waals surface area contributed by atoms with Crippen LogP contribution in [0.2, 0.25) is 10.0 Å². The van der Waals surface area contributed by atoms with Crippen LogP contribution in [0.5, 0.6) is 0 Å². The van der Waals surface area contributed by atoms with Crippen LogP contribution in [0.4, 0.5) is 4.39 Å². The van der Waals surface area contributed by atoms with Crippen LogP contribution in [0.1, 0.15) is 6.92 Å². The Morgan fingerprint density at radius 3 is 2.47 bits per heavy atom. The van der Waals surface area contributed by atoms with E-state index in [9.17, 15) is 12.8 Å². The minimum absolute atomic E-state index is 0.0431. The molecule has 4 nitrogen and oxygen atoms in total. The first-order valence-electron chi connectivity index (χ1n) is 5.70. The molecule has 1 atom stereocenters. The van der Waals surface area contributed by atoms with Crippen LogP contribution in [0.3, 0.4) is 0 Å². The molecule has 1 aromatic rings. The predicted molar refractivity (Wildman–Crippen MR) is 72.6 cm³/mol. The Bertz CT molecular complexity index is 571. The zero-order valence-electron chi connectivity index (χ0n) is 10.2. The summed E-state index contributed by atoms with van der Waals surface area (Å²) in [6, 6.07) is 1.94. The normalized spacial score (nSPS) is 21.6. The number of rotatable bonds is 2. The first kappa shape index (κ1) is 15.0. The number of nitrogens with zero attached hydrogens (tertiary/aromatic N) is 1. The topological polar surface area (TPSA) is 49.4 Å². The summed E-state index contributed by atoms with van der Waals surface area (Å²) < 4.78 is 39.4. The fourth-order valence-corrected chi connectivity index (χ4v) is 4.69. The van der Waals surface area contributed by atoms with Crippen LogP contribution >= 0.6 is 23.2 Å². The van der Waals surface area contributed by atoms with Crippen LogP contribution in [0, 0.1) is 5.82 Å². The summed E-state index contributed by atoms with van der Waals surface area (Å²) in [7, 11) is -3.81. The largest absolute Gasteiger partial charge is 0.312 e. The number of piperazine rings is 1. The molecule has 8 heteroatoms. The van der Waals surface area contributed by atoms with Crippen LogP contribution in [-0.2, 0) is 10.0 Å². The van der Waals surface area contributed by atoms with Crippen molar-refractivity contribution in [3.8, 4) is 0 Å². The highest BCUT2D eigenvalue weighted by atomic mass is 35.5. The molecule has 1 fully saturated rings. The third-order valence-corrected chi connectivity index (χ3v) is 5.68. The van der Waals surface area contributed by atoms with E-state index in [2.05, 4.69) is 5.32 Å². The molecule has 0 bridgehead atoms. The quantitative estimate of drug-likeness (QED) is 0.905. The molecule has 0 amide bonds. The van der Waals surface area contributed by atoms with Gasteiger partial charge in [0.05, 0.1) is 10.0 Å². The molecule has 0 radical (unpaired) electrons. The van der Waals surface area contributed by atoms with Crippen LogP contribution in [0.25, 0.3) is 0 Å². The fourth-order valence-electron chi connectivity index (χ4n) is 2.02. The standard InChI is InChI=1S/C11H13Cl2FN2O2S/c1-7-6-16(3-2-15-7)19(17,18)11-9(12)4-8(14)5-10(11)13/h4-5,7,15H,2-3,6H2,1H3. The molecule has 0 aliphatic carbocycles. The molecule has 1 aromatic carbocycles. The summed E-state index contributed by atoms with van der Waals surface area (Å²) >= 11 is 11.7. The third-order valence-electron chi connectivity index (χ3n) is 2.89. The first-order chi connectivity index (χ1) is 8.82. The van der Waals surface area contributed by atoms with Crippen LogP contribution in [-0.4, -0.2) is 38.4 Å². The summed E-state index contributed by atoms with van der Waals surface area (Å²) in [6.45, 7) is 3.09. The van der Waals surface area contributed by atoms with E-state index in [1.54, 1.807) is 0 Å². The van der Waals surface area contributed by atoms with Gasteiger partial charge in [0, 0.05) is 25.7 Å². The molecule has 1 N–H and O–H groups in total. The van der Waals surface area contributed by atoms with Gasteiger partial charge < -0.3 is 5.32 Å². The summed E-state index contributed by atoms with van der Waals surface area (Å²) in [6.07, 6.45) is 0. The molecular formula is C11H13Cl2FN2O2S. The van der Waals surface area contributed by atoms with E-state index >= 15 is 0 Å². The van der Waals surface area contributed by atoms with E-state index in [4.69, 9.17) is 23.2 Å². The van der Waals surface area contributed by atoms with Gasteiger partial charge in [-0.1, -0.05) is 23.2 Å². The maximum Gasteiger partial charge on any atom is 0.246 e. The van der Waals surface area contributed by atoms with Crippen molar-refractivity contribution in [3.63, 3.8) is 0 Å². The second kappa shape index (κ2) is 5.54. The van der Waals surface area contributed by atoms with Gasteiger partial charge in [-0.15, -0.1) is 0 Å². The lowest BCUT2D eigenvalue weighted by atomic mass is 10.3. The van der Waals surface area contributed by atoms with Crippen molar-refractivity contribution < 1.29 is 12.8 Å². The molecule has 106 valence electrons. The highest BCUT2D eigenvalue weighted by molar-refractivity contribution is 7.89. The highest BCUT2D eigenvalue weighted by Crippen LogP contribution is 2.32. The first-order valence-corrected chi connectivity index (χ1v) is 7.90. The van der Waals surface area contributed by atoms with Gasteiger partial charge in [-0.25, -0.2) is 12.8 Å². The minimum atomic E-state index is -3.81. The Labute approximate surface area is 121 Å². The molecule has 1 aliphatic heterocycles. The third kappa shape index (κ3) is 3.03. The zero-order valence-corrected chi connectivity index (χ0v) is 12.5. The smallest absolute Gasteiger partial charge is 0.246 e. The van der Waals surface area contributed by atoms with E-state index < -0.39 is 15.8 Å². The zero-order chi connectivity index (χ0) is 14.2. The Kier molecular flexibility index (Phi) is 4.37. The van der Waals surface area contributed by atoms with Crippen molar-refractivity contribution in [1.82, 2.24) is 9.62 Å². The molecule has 0 spiro atoms. The molecule has 19 heavy (non-hydrogen) atoms. The molecule has 1 unspecified atom stereocenters. The van der Waals surface area contributed by atoms with Crippen molar-refractivity contribution in [2.45, 2.75) is 17.9 Å². The van der Waals surface area contributed by atoms with Crippen molar-refractivity contribution in [3.05, 3.63) is 28.0 Å². The predicted octanol–water partition coefficient (Wildman–Crippen LogP) is 2.11. The molecule has 0 saturated carbocycles. The van der Waals surface area contributed by atoms with Crippen molar-refractivity contribution >= 4 is 33.2 Å². The maximum atomic E-state index is 13.1. The maximum absolute atomic E-state index is 13.1. The SMILES string of the molecule is CC1CN(S(=O)(=O)c2c(Cl)cc(F)cc2Cl)CCN1. The average molecular weight is 327 g/mol. The van der Waals surface area contributed by atoms with Gasteiger partial charge in [-0.2, -0.15) is 4.31 Å². The summed E-state index contributed by atoms with van der Waals surface area (Å²) in [5.74, 6) is -0.664. The molecule has 0 aromatic heterocycles. The molecule has 1 aliphatic rings. The Balaban J connectivity index is 2.45. The second-order valence-corrected chi connectivity index (χ2v) is 7.11. The van der Waals surface area contributed by atoms with Gasteiger partial charge in [0.1, 0.15) is 10.7 Å². The van der Waals surface area contributed by atoms with E-state index in [1.165, 1.54) is 4.31 Å². The van der Waals surface area contributed by atoms with Gasteiger partial charge in [-0.05, 0) is 19.1 Å². The highest BCUT2D eigenvalue weighted by Gasteiger charge is 2.32. The second-order valence-electron chi connectivity index (χ2n) is 4.42. The summed E-state index contributed by atoms with van der Waals surface area (Å²) in [5, 5.41) is 2.75. The Morgan fingerprint density at radius 2 is 1.95 bits per heavy atom. The number of hydrogen-bond acceptors (Lipinski definition) is 3. The molecular weight excluding hydrogens is 314 g/mol. The number of benzene rings is 1. The summed E-state index contributed by atoms with van der Waals surface area (Å²) in [5.41, 5.74) is 0. The lowest BCUT2D eigenvalue weighted by Crippen LogP contribution is -2.51. The molecule has 1 saturated heterocycles. The van der Waals surface area contributed by atoms with E-state index in [1.807, 2.05) is 6.92 Å². The monoisotopic (exact) mass is 326 g/mol. The Morgan fingerprint density at radius 1 is 1.37 bits per heavy atom. The lowest BCUT2D eigenvalue weighted by Gasteiger charge is -2.31. The number of hydrogen-bond donors (Lipinski definition) is 1. The van der Waals surface area contributed by atoms with Gasteiger partial charge in [-0.3, -0.25) is 0 Å². The average Bonchev–Trinajstić information content (AvgIpc) is 2.26. The minimum Gasteiger partial charge on any atom is -0.312 e. The summed E-state index contributed by atoms with van der Waals surface area (Å²) in [4.78, 5) is -0.230. The van der Waals surface area contributed by atoms with Gasteiger partial charge >= 0.3 is 0 Å². The molecule has 2 rings (SSSR count). The fraction of sp³-hybridized carbons (Fsp3) is 0.455. The van der Waals surface area contributed by atoms with Gasteiger partial charge in [0.15, 0.2) is 0 Å². The van der Waals surface area contributed by atoms with E-state index in [0.717, 1.165) is 12.1 Å². The van der Waals surface area contributed by atoms with Crippen LogP contribution < -0.4 is 5.32 Å². The lowest BCUT2D eigenvalue weighted by molar-refractivity contribution is 0.310. The van der Waals surface area contributed by atoms with E-state index in [0.29, 0.717) is 19.6 Å². The van der Waals surface area contributed by atoms with Gasteiger partial charge in [0.2, 0.25) is 10.0 Å². The number of sulfonamides is 1. The van der Waals surface area contributed by atoms with Gasteiger partial charge in [0.25, 0.3) is 0 Å². The Hall–Kier alpha value is -0.400. The molecule has 1 heterocycles.